The fourth-order valence-electron chi connectivity index (χ4n) is 1.04. The Morgan fingerprint density at radius 1 is 1.38 bits per heavy atom. The van der Waals surface area contributed by atoms with Gasteiger partial charge in [-0.3, -0.25) is 0 Å². The molecule has 4 heteroatoms. The van der Waals surface area contributed by atoms with E-state index in [-0.39, 0.29) is 6.04 Å². The van der Waals surface area contributed by atoms with Crippen LogP contribution in [0.2, 0.25) is 0 Å². The Morgan fingerprint density at radius 3 is 2.54 bits per heavy atom. The number of aliphatic hydroxyl groups is 1. The van der Waals surface area contributed by atoms with E-state index in [1.807, 2.05) is 18.2 Å². The lowest BCUT2D eigenvalue weighted by atomic mass is 10.0. The Morgan fingerprint density at radius 2 is 2.00 bits per heavy atom. The fraction of sp³-hybridized carbons (Fsp3) is 0.333. The molecule has 2 atom stereocenters. The molecule has 0 aliphatic heterocycles. The van der Waals surface area contributed by atoms with Crippen LogP contribution in [0, 0.1) is 0 Å². The van der Waals surface area contributed by atoms with Gasteiger partial charge < -0.3 is 10.8 Å². The summed E-state index contributed by atoms with van der Waals surface area (Å²) in [6, 6.07) is 5.35. The molecule has 0 amide bonds. The number of hydrogen-bond acceptors (Lipinski definition) is 2. The number of aliphatic hydroxyl groups excluding tert-OH is 1. The fourth-order valence-corrected chi connectivity index (χ4v) is 1.95. The first-order valence-electron chi connectivity index (χ1n) is 3.91. The normalized spacial score (nSPS) is 15.5. The minimum absolute atomic E-state index is 0.355. The third-order valence-corrected chi connectivity index (χ3v) is 3.94. The molecule has 72 valence electrons. The number of rotatable bonds is 2. The first-order valence-corrected chi connectivity index (χ1v) is 5.50. The molecule has 0 aromatic heterocycles. The molecule has 0 spiro atoms. The van der Waals surface area contributed by atoms with Crippen LogP contribution in [0.15, 0.2) is 27.1 Å². The minimum Gasteiger partial charge on any atom is -0.391 e. The monoisotopic (exact) mass is 307 g/mol. The van der Waals surface area contributed by atoms with E-state index in [0.29, 0.717) is 0 Å². The Kier molecular flexibility index (Phi) is 3.91. The Bertz CT molecular complexity index is 302. The molecule has 1 rings (SSSR count). The molecule has 0 saturated carbocycles. The van der Waals surface area contributed by atoms with Gasteiger partial charge in [0.15, 0.2) is 0 Å². The summed E-state index contributed by atoms with van der Waals surface area (Å²) in [6.07, 6.45) is -0.550. The van der Waals surface area contributed by atoms with E-state index in [0.717, 1.165) is 14.5 Å². The molecular formula is C9H11Br2NO. The van der Waals surface area contributed by atoms with Crippen molar-refractivity contribution in [3.63, 3.8) is 0 Å². The minimum atomic E-state index is -0.550. The molecule has 13 heavy (non-hydrogen) atoms. The van der Waals surface area contributed by atoms with Crippen LogP contribution in [0.1, 0.15) is 18.5 Å². The maximum Gasteiger partial charge on any atom is 0.0705 e. The Balaban J connectivity index is 3.07. The number of nitrogens with two attached hydrogens (primary N) is 1. The van der Waals surface area contributed by atoms with Gasteiger partial charge in [-0.05, 0) is 50.4 Å². The number of benzene rings is 1. The lowest BCUT2D eigenvalue weighted by molar-refractivity contribution is 0.164. The van der Waals surface area contributed by atoms with E-state index >= 15 is 0 Å². The van der Waals surface area contributed by atoms with Crippen LogP contribution in [0.25, 0.3) is 0 Å². The van der Waals surface area contributed by atoms with E-state index in [4.69, 9.17) is 5.73 Å². The van der Waals surface area contributed by atoms with Gasteiger partial charge in [0.05, 0.1) is 12.1 Å². The number of hydrogen-bond donors (Lipinski definition) is 2. The second-order valence-corrected chi connectivity index (χ2v) is 4.56. The van der Waals surface area contributed by atoms with Crippen LogP contribution >= 0.6 is 31.9 Å². The summed E-state index contributed by atoms with van der Waals surface area (Å²) in [4.78, 5) is 0. The topological polar surface area (TPSA) is 46.2 Å². The summed E-state index contributed by atoms with van der Waals surface area (Å²) in [5.74, 6) is 0. The quantitative estimate of drug-likeness (QED) is 0.882. The van der Waals surface area contributed by atoms with Crippen LogP contribution in [-0.4, -0.2) is 11.2 Å². The van der Waals surface area contributed by atoms with E-state index in [2.05, 4.69) is 31.9 Å². The zero-order valence-electron chi connectivity index (χ0n) is 7.17. The highest BCUT2D eigenvalue weighted by Gasteiger charge is 2.15. The highest BCUT2D eigenvalue weighted by molar-refractivity contribution is 9.13. The maximum absolute atomic E-state index is 9.33. The first kappa shape index (κ1) is 11.2. The summed E-state index contributed by atoms with van der Waals surface area (Å²) < 4.78 is 1.85. The second kappa shape index (κ2) is 4.55. The van der Waals surface area contributed by atoms with Gasteiger partial charge >= 0.3 is 0 Å². The Labute approximate surface area is 94.4 Å². The van der Waals surface area contributed by atoms with Gasteiger partial charge in [-0.15, -0.1) is 0 Å². The molecular weight excluding hydrogens is 298 g/mol. The van der Waals surface area contributed by atoms with E-state index in [1.54, 1.807) is 6.92 Å². The van der Waals surface area contributed by atoms with Crippen molar-refractivity contribution in [1.29, 1.82) is 0 Å². The van der Waals surface area contributed by atoms with Crippen LogP contribution in [0.4, 0.5) is 0 Å². The van der Waals surface area contributed by atoms with Crippen LogP contribution in [0.3, 0.4) is 0 Å². The molecule has 0 saturated heterocycles. The highest BCUT2D eigenvalue weighted by atomic mass is 79.9. The lowest BCUT2D eigenvalue weighted by Gasteiger charge is -2.17. The first-order chi connectivity index (χ1) is 6.04. The van der Waals surface area contributed by atoms with E-state index in [1.165, 1.54) is 0 Å². The predicted molar refractivity (Wildman–Crippen MR) is 60.5 cm³/mol. The molecule has 0 fully saturated rings. The van der Waals surface area contributed by atoms with Crippen molar-refractivity contribution in [2.24, 2.45) is 5.73 Å². The summed E-state index contributed by atoms with van der Waals surface area (Å²) in [5, 5.41) is 9.33. The standard InChI is InChI=1S/C9H11Br2NO/c1-5(13)9(12)6-3-2-4-7(10)8(6)11/h2-5,9,13H,12H2,1H3/t5?,9-/m1/s1. The Hall–Kier alpha value is 0.1000. The molecule has 0 radical (unpaired) electrons. The molecule has 0 bridgehead atoms. The third kappa shape index (κ3) is 2.53. The average molecular weight is 309 g/mol. The third-order valence-electron chi connectivity index (χ3n) is 1.86. The van der Waals surface area contributed by atoms with Crippen molar-refractivity contribution in [3.8, 4) is 0 Å². The van der Waals surface area contributed by atoms with Crippen molar-refractivity contribution >= 4 is 31.9 Å². The van der Waals surface area contributed by atoms with Gasteiger partial charge in [0.2, 0.25) is 0 Å². The summed E-state index contributed by atoms with van der Waals surface area (Å²) in [6.45, 7) is 1.68. The molecule has 0 aliphatic carbocycles. The molecule has 2 nitrogen and oxygen atoms in total. The highest BCUT2D eigenvalue weighted by Crippen LogP contribution is 2.30. The van der Waals surface area contributed by atoms with Crippen LogP contribution in [-0.2, 0) is 0 Å². The number of halogens is 2. The van der Waals surface area contributed by atoms with Crippen molar-refractivity contribution in [3.05, 3.63) is 32.7 Å². The summed E-state index contributed by atoms with van der Waals surface area (Å²) >= 11 is 6.79. The summed E-state index contributed by atoms with van der Waals surface area (Å²) in [5.41, 5.74) is 6.71. The van der Waals surface area contributed by atoms with E-state index in [9.17, 15) is 5.11 Å². The predicted octanol–water partition coefficient (Wildman–Crippen LogP) is 2.59. The van der Waals surface area contributed by atoms with Crippen molar-refractivity contribution in [1.82, 2.24) is 0 Å². The van der Waals surface area contributed by atoms with E-state index < -0.39 is 6.10 Å². The zero-order valence-corrected chi connectivity index (χ0v) is 10.3. The van der Waals surface area contributed by atoms with Gasteiger partial charge in [0.1, 0.15) is 0 Å². The maximum atomic E-state index is 9.33. The van der Waals surface area contributed by atoms with Crippen molar-refractivity contribution in [2.45, 2.75) is 19.1 Å². The molecule has 0 heterocycles. The summed E-state index contributed by atoms with van der Waals surface area (Å²) in [7, 11) is 0. The van der Waals surface area contributed by atoms with Crippen molar-refractivity contribution < 1.29 is 5.11 Å². The SMILES string of the molecule is CC(O)[C@@H](N)c1cccc(Br)c1Br. The molecule has 1 unspecified atom stereocenters. The largest absolute Gasteiger partial charge is 0.391 e. The van der Waals surface area contributed by atoms with Gasteiger partial charge in [0.25, 0.3) is 0 Å². The zero-order chi connectivity index (χ0) is 10.0. The van der Waals surface area contributed by atoms with Gasteiger partial charge in [-0.1, -0.05) is 12.1 Å². The smallest absolute Gasteiger partial charge is 0.0705 e. The van der Waals surface area contributed by atoms with Gasteiger partial charge in [-0.25, -0.2) is 0 Å². The molecule has 1 aromatic carbocycles. The van der Waals surface area contributed by atoms with Gasteiger partial charge in [-0.2, -0.15) is 0 Å². The van der Waals surface area contributed by atoms with Crippen LogP contribution < -0.4 is 5.73 Å². The molecule has 0 aliphatic rings. The van der Waals surface area contributed by atoms with Crippen LogP contribution in [0.5, 0.6) is 0 Å². The lowest BCUT2D eigenvalue weighted by Crippen LogP contribution is -2.23. The second-order valence-electron chi connectivity index (χ2n) is 2.91. The molecule has 1 aromatic rings. The van der Waals surface area contributed by atoms with Gasteiger partial charge in [0, 0.05) is 8.95 Å². The van der Waals surface area contributed by atoms with Crippen molar-refractivity contribution in [2.75, 3.05) is 0 Å². The average Bonchev–Trinajstić information content (AvgIpc) is 2.08. The molecule has 3 N–H and O–H groups in total.